The van der Waals surface area contributed by atoms with Crippen LogP contribution < -0.4 is 0 Å². The van der Waals surface area contributed by atoms with Crippen LogP contribution in [0.25, 0.3) is 89.0 Å². The molecule has 10 rings (SSSR count). The van der Waals surface area contributed by atoms with Gasteiger partial charge in [0.15, 0.2) is 17.5 Å². The monoisotopic (exact) mass is 653 g/mol. The second kappa shape index (κ2) is 11.6. The summed E-state index contributed by atoms with van der Waals surface area (Å²) in [5, 5.41) is 6.18. The van der Waals surface area contributed by atoms with E-state index in [9.17, 15) is 0 Å². The van der Waals surface area contributed by atoms with E-state index in [1.807, 2.05) is 60.7 Å². The summed E-state index contributed by atoms with van der Waals surface area (Å²) >= 11 is 0. The number of fused-ring (bicyclic) bond motifs is 7. The Bertz CT molecular complexity index is 2850. The molecule has 5 heteroatoms. The minimum Gasteiger partial charge on any atom is -0.317 e. The van der Waals surface area contributed by atoms with Crippen molar-refractivity contribution < 1.29 is 0 Å². The summed E-state index contributed by atoms with van der Waals surface area (Å²) in [6.45, 7) is 2.13. The number of hydrogen-bond acceptors (Lipinski definition) is 3. The van der Waals surface area contributed by atoms with E-state index in [0.29, 0.717) is 17.5 Å². The van der Waals surface area contributed by atoms with Crippen LogP contribution >= 0.6 is 0 Å². The van der Waals surface area contributed by atoms with Crippen molar-refractivity contribution in [1.82, 2.24) is 24.1 Å². The molecule has 0 atom stereocenters. The Hall–Kier alpha value is -6.85. The maximum absolute atomic E-state index is 5.01. The quantitative estimate of drug-likeness (QED) is 0.186. The molecular formula is C46H31N5. The second-order valence-electron chi connectivity index (χ2n) is 13.0. The van der Waals surface area contributed by atoms with Crippen molar-refractivity contribution >= 4 is 43.5 Å². The largest absolute Gasteiger partial charge is 0.317 e. The molecule has 240 valence electrons. The number of para-hydroxylation sites is 2. The number of aromatic nitrogens is 5. The Balaban J connectivity index is 1.15. The van der Waals surface area contributed by atoms with E-state index in [0.717, 1.165) is 39.1 Å². The zero-order chi connectivity index (χ0) is 33.9. The topological polar surface area (TPSA) is 48.5 Å². The van der Waals surface area contributed by atoms with Gasteiger partial charge < -0.3 is 9.13 Å². The van der Waals surface area contributed by atoms with Crippen LogP contribution in [-0.4, -0.2) is 24.1 Å². The number of hydrogen-bond donors (Lipinski definition) is 0. The van der Waals surface area contributed by atoms with Gasteiger partial charge in [-0.25, -0.2) is 15.0 Å². The highest BCUT2D eigenvalue weighted by atomic mass is 15.0. The molecule has 0 amide bonds. The van der Waals surface area contributed by atoms with Crippen LogP contribution in [0.1, 0.15) is 5.56 Å². The SMILES string of the molecule is Cc1cc(-c2nc(-c3ccccc3)nc(-c3ccccc3)n2)cc(-n2ccc3c4ccc5c6ccccc6n(-c6ccccc6)c5c4ccc32)c1. The molecule has 7 aromatic carbocycles. The third-order valence-corrected chi connectivity index (χ3v) is 9.81. The van der Waals surface area contributed by atoms with Crippen LogP contribution in [0, 0.1) is 6.92 Å². The molecule has 0 radical (unpaired) electrons. The fraction of sp³-hybridized carbons (Fsp3) is 0.0217. The molecule has 3 aromatic heterocycles. The van der Waals surface area contributed by atoms with Crippen molar-refractivity contribution in [2.24, 2.45) is 0 Å². The predicted molar refractivity (Wildman–Crippen MR) is 210 cm³/mol. The van der Waals surface area contributed by atoms with E-state index in [-0.39, 0.29) is 0 Å². The first-order chi connectivity index (χ1) is 25.2. The van der Waals surface area contributed by atoms with Crippen LogP contribution in [0.5, 0.6) is 0 Å². The van der Waals surface area contributed by atoms with Crippen LogP contribution in [-0.2, 0) is 0 Å². The molecule has 0 unspecified atom stereocenters. The van der Waals surface area contributed by atoms with Crippen molar-refractivity contribution in [3.63, 3.8) is 0 Å². The maximum Gasteiger partial charge on any atom is 0.164 e. The summed E-state index contributed by atoms with van der Waals surface area (Å²) < 4.78 is 4.68. The maximum atomic E-state index is 5.01. The van der Waals surface area contributed by atoms with Gasteiger partial charge in [-0.15, -0.1) is 0 Å². The summed E-state index contributed by atoms with van der Waals surface area (Å²) in [5.74, 6) is 1.95. The van der Waals surface area contributed by atoms with Crippen molar-refractivity contribution in [3.8, 4) is 45.5 Å². The van der Waals surface area contributed by atoms with Gasteiger partial charge in [0.05, 0.1) is 16.6 Å². The highest BCUT2D eigenvalue weighted by Crippen LogP contribution is 2.39. The Labute approximate surface area is 294 Å². The highest BCUT2D eigenvalue weighted by molar-refractivity contribution is 6.22. The normalized spacial score (nSPS) is 11.6. The van der Waals surface area contributed by atoms with Crippen LogP contribution in [0.15, 0.2) is 170 Å². The Morgan fingerprint density at radius 1 is 0.392 bits per heavy atom. The molecule has 5 nitrogen and oxygen atoms in total. The van der Waals surface area contributed by atoms with Gasteiger partial charge in [0.2, 0.25) is 0 Å². The Morgan fingerprint density at radius 2 is 0.941 bits per heavy atom. The minimum atomic E-state index is 0.644. The van der Waals surface area contributed by atoms with Gasteiger partial charge in [-0.3, -0.25) is 0 Å². The van der Waals surface area contributed by atoms with Gasteiger partial charge >= 0.3 is 0 Å². The summed E-state index contributed by atoms with van der Waals surface area (Å²) in [6.07, 6.45) is 2.18. The lowest BCUT2D eigenvalue weighted by Gasteiger charge is -2.13. The van der Waals surface area contributed by atoms with Crippen molar-refractivity contribution in [1.29, 1.82) is 0 Å². The standard InChI is InChI=1S/C46H31N5/c1-30-27-33(46-48-44(31-13-5-2-6-14-31)47-45(49-46)32-15-7-3-8-16-32)29-35(28-30)50-26-25-38-36-21-22-40-37-19-11-12-20-42(37)51(34-17-9-4-10-18-34)43(40)39(36)23-24-41(38)50/h2-29H,1H3. The van der Waals surface area contributed by atoms with E-state index in [4.69, 9.17) is 15.0 Å². The number of benzene rings is 7. The Kier molecular flexibility index (Phi) is 6.64. The smallest absolute Gasteiger partial charge is 0.164 e. The predicted octanol–water partition coefficient (Wildman–Crippen LogP) is 11.4. The third kappa shape index (κ3) is 4.82. The molecule has 0 aliphatic heterocycles. The molecule has 0 fully saturated rings. The van der Waals surface area contributed by atoms with E-state index >= 15 is 0 Å². The van der Waals surface area contributed by atoms with Gasteiger partial charge in [-0.2, -0.15) is 0 Å². The van der Waals surface area contributed by atoms with Crippen LogP contribution in [0.3, 0.4) is 0 Å². The molecule has 0 bridgehead atoms. The second-order valence-corrected chi connectivity index (χ2v) is 13.0. The van der Waals surface area contributed by atoms with Gasteiger partial charge in [0.1, 0.15) is 0 Å². The van der Waals surface area contributed by atoms with Gasteiger partial charge in [-0.1, -0.05) is 115 Å². The van der Waals surface area contributed by atoms with Gasteiger partial charge in [0.25, 0.3) is 0 Å². The van der Waals surface area contributed by atoms with E-state index in [1.165, 1.54) is 38.0 Å². The van der Waals surface area contributed by atoms with E-state index < -0.39 is 0 Å². The summed E-state index contributed by atoms with van der Waals surface area (Å²) in [4.78, 5) is 14.9. The van der Waals surface area contributed by atoms with E-state index in [2.05, 4.69) is 125 Å². The summed E-state index contributed by atoms with van der Waals surface area (Å²) in [5.41, 5.74) is 9.77. The lowest BCUT2D eigenvalue weighted by atomic mass is 10.0. The molecule has 0 aliphatic rings. The van der Waals surface area contributed by atoms with Crippen molar-refractivity contribution in [2.75, 3.05) is 0 Å². The zero-order valence-corrected chi connectivity index (χ0v) is 27.9. The highest BCUT2D eigenvalue weighted by Gasteiger charge is 2.18. The molecule has 0 N–H and O–H groups in total. The first-order valence-electron chi connectivity index (χ1n) is 17.2. The fourth-order valence-corrected chi connectivity index (χ4v) is 7.53. The molecule has 0 saturated carbocycles. The van der Waals surface area contributed by atoms with Crippen LogP contribution in [0.2, 0.25) is 0 Å². The van der Waals surface area contributed by atoms with Gasteiger partial charge in [0, 0.05) is 55.8 Å². The first-order valence-corrected chi connectivity index (χ1v) is 17.2. The Morgan fingerprint density at radius 3 is 1.65 bits per heavy atom. The summed E-state index contributed by atoms with van der Waals surface area (Å²) in [7, 11) is 0. The minimum absolute atomic E-state index is 0.644. The van der Waals surface area contributed by atoms with E-state index in [1.54, 1.807) is 0 Å². The fourth-order valence-electron chi connectivity index (χ4n) is 7.53. The van der Waals surface area contributed by atoms with Crippen molar-refractivity contribution in [3.05, 3.63) is 176 Å². The average molecular weight is 654 g/mol. The first kappa shape index (κ1) is 29.1. The molecule has 3 heterocycles. The molecule has 0 aliphatic carbocycles. The lowest BCUT2D eigenvalue weighted by molar-refractivity contribution is 1.07. The number of aryl methyl sites for hydroxylation is 1. The third-order valence-electron chi connectivity index (χ3n) is 9.81. The lowest BCUT2D eigenvalue weighted by Crippen LogP contribution is -2.01. The zero-order valence-electron chi connectivity index (χ0n) is 27.9. The van der Waals surface area contributed by atoms with Gasteiger partial charge in [-0.05, 0) is 66.4 Å². The average Bonchev–Trinajstić information content (AvgIpc) is 3.79. The molecule has 0 saturated heterocycles. The number of rotatable bonds is 5. The molecule has 51 heavy (non-hydrogen) atoms. The molecular weight excluding hydrogens is 623 g/mol. The number of nitrogens with zero attached hydrogens (tertiary/aromatic N) is 5. The summed E-state index contributed by atoms with van der Waals surface area (Å²) in [6, 6.07) is 57.5. The van der Waals surface area contributed by atoms with Crippen molar-refractivity contribution in [2.45, 2.75) is 6.92 Å². The molecule has 0 spiro atoms. The van der Waals surface area contributed by atoms with Crippen LogP contribution in [0.4, 0.5) is 0 Å². The molecule has 10 aromatic rings.